The lowest BCUT2D eigenvalue weighted by Gasteiger charge is -2.03. The molecule has 0 amide bonds. The van der Waals surface area contributed by atoms with Crippen LogP contribution >= 0.6 is 11.6 Å². The van der Waals surface area contributed by atoms with Gasteiger partial charge in [0.1, 0.15) is 0 Å². The Kier molecular flexibility index (Phi) is 2.24. The van der Waals surface area contributed by atoms with E-state index in [1.54, 1.807) is 0 Å². The second-order valence-corrected chi connectivity index (χ2v) is 3.57. The van der Waals surface area contributed by atoms with Gasteiger partial charge in [-0.25, -0.2) is 0 Å². The summed E-state index contributed by atoms with van der Waals surface area (Å²) in [5.41, 5.74) is 1.36. The van der Waals surface area contributed by atoms with Crippen LogP contribution < -0.4 is 0 Å². The summed E-state index contributed by atoms with van der Waals surface area (Å²) in [5, 5.41) is 3.36. The van der Waals surface area contributed by atoms with Crippen molar-refractivity contribution in [1.82, 2.24) is 0 Å². The number of rotatable bonds is 1. The molecule has 66 valence electrons. The predicted molar refractivity (Wildman–Crippen MR) is 58.3 cm³/mol. The Balaban J connectivity index is 2.79. The van der Waals surface area contributed by atoms with Gasteiger partial charge < -0.3 is 0 Å². The van der Waals surface area contributed by atoms with Crippen molar-refractivity contribution in [2.45, 2.75) is 13.3 Å². The first-order chi connectivity index (χ1) is 6.31. The van der Waals surface area contributed by atoms with E-state index in [2.05, 4.69) is 31.2 Å². The molecule has 0 unspecified atom stereocenters. The van der Waals surface area contributed by atoms with Crippen molar-refractivity contribution in [3.05, 3.63) is 47.0 Å². The molecule has 2 rings (SSSR count). The van der Waals surface area contributed by atoms with Crippen molar-refractivity contribution in [2.24, 2.45) is 0 Å². The van der Waals surface area contributed by atoms with E-state index < -0.39 is 0 Å². The number of benzene rings is 2. The van der Waals surface area contributed by atoms with Crippen molar-refractivity contribution in [1.29, 1.82) is 0 Å². The average molecular weight is 191 g/mol. The quantitative estimate of drug-likeness (QED) is 0.637. The minimum absolute atomic E-state index is 0.813. The standard InChI is InChI=1S/C12H11Cl/c1-2-9-4-3-5-10-6-7-11(13)8-12(9)10/h3-8H,2H2,1H3. The first-order valence-corrected chi connectivity index (χ1v) is 4.86. The van der Waals surface area contributed by atoms with Crippen LogP contribution in [0.4, 0.5) is 0 Å². The average Bonchev–Trinajstić information content (AvgIpc) is 2.17. The number of halogens is 1. The number of aryl methyl sites for hydroxylation is 1. The smallest absolute Gasteiger partial charge is 0.0412 e. The Labute approximate surface area is 83.1 Å². The van der Waals surface area contributed by atoms with E-state index in [0.29, 0.717) is 0 Å². The summed E-state index contributed by atoms with van der Waals surface area (Å²) in [6, 6.07) is 12.4. The van der Waals surface area contributed by atoms with Crippen LogP contribution in [-0.2, 0) is 6.42 Å². The highest BCUT2D eigenvalue weighted by Crippen LogP contribution is 2.22. The van der Waals surface area contributed by atoms with Crippen molar-refractivity contribution < 1.29 is 0 Å². The maximum absolute atomic E-state index is 5.95. The molecule has 0 saturated heterocycles. The number of fused-ring (bicyclic) bond motifs is 1. The highest BCUT2D eigenvalue weighted by Gasteiger charge is 1.98. The molecule has 0 aromatic heterocycles. The third-order valence-electron chi connectivity index (χ3n) is 2.32. The van der Waals surface area contributed by atoms with E-state index in [-0.39, 0.29) is 0 Å². The van der Waals surface area contributed by atoms with E-state index in [1.807, 2.05) is 12.1 Å². The minimum atomic E-state index is 0.813. The van der Waals surface area contributed by atoms with Gasteiger partial charge in [-0.2, -0.15) is 0 Å². The molecule has 0 heterocycles. The van der Waals surface area contributed by atoms with E-state index >= 15 is 0 Å². The van der Waals surface area contributed by atoms with Crippen LogP contribution in [0.15, 0.2) is 36.4 Å². The highest BCUT2D eigenvalue weighted by atomic mass is 35.5. The van der Waals surface area contributed by atoms with Crippen LogP contribution in [0.5, 0.6) is 0 Å². The van der Waals surface area contributed by atoms with E-state index in [0.717, 1.165) is 11.4 Å². The van der Waals surface area contributed by atoms with Gasteiger partial charge in [0, 0.05) is 5.02 Å². The Morgan fingerprint density at radius 2 is 2.00 bits per heavy atom. The summed E-state index contributed by atoms with van der Waals surface area (Å²) in [4.78, 5) is 0. The van der Waals surface area contributed by atoms with Gasteiger partial charge in [-0.1, -0.05) is 42.8 Å². The van der Waals surface area contributed by atoms with Gasteiger partial charge in [-0.3, -0.25) is 0 Å². The maximum Gasteiger partial charge on any atom is 0.0412 e. The lowest BCUT2D eigenvalue weighted by atomic mass is 10.0. The lowest BCUT2D eigenvalue weighted by Crippen LogP contribution is -1.82. The molecule has 0 aliphatic heterocycles. The molecule has 0 nitrogen and oxygen atoms in total. The maximum atomic E-state index is 5.95. The first kappa shape index (κ1) is 8.58. The van der Waals surface area contributed by atoms with E-state index in [4.69, 9.17) is 11.6 Å². The molecule has 0 spiro atoms. The zero-order valence-electron chi connectivity index (χ0n) is 7.55. The van der Waals surface area contributed by atoms with Gasteiger partial charge >= 0.3 is 0 Å². The molecule has 2 aromatic carbocycles. The molecule has 2 aromatic rings. The summed E-state index contributed by atoms with van der Waals surface area (Å²) in [6.07, 6.45) is 1.05. The van der Waals surface area contributed by atoms with Gasteiger partial charge in [-0.05, 0) is 34.9 Å². The molecule has 13 heavy (non-hydrogen) atoms. The fourth-order valence-corrected chi connectivity index (χ4v) is 1.79. The van der Waals surface area contributed by atoms with Crippen molar-refractivity contribution in [3.8, 4) is 0 Å². The van der Waals surface area contributed by atoms with Gasteiger partial charge in [-0.15, -0.1) is 0 Å². The third kappa shape index (κ3) is 1.54. The highest BCUT2D eigenvalue weighted by molar-refractivity contribution is 6.31. The number of hydrogen-bond acceptors (Lipinski definition) is 0. The largest absolute Gasteiger partial charge is 0.0843 e. The fraction of sp³-hybridized carbons (Fsp3) is 0.167. The van der Waals surface area contributed by atoms with Gasteiger partial charge in [0.2, 0.25) is 0 Å². The summed E-state index contributed by atoms with van der Waals surface area (Å²) in [7, 11) is 0. The molecular formula is C12H11Cl. The third-order valence-corrected chi connectivity index (χ3v) is 2.55. The van der Waals surface area contributed by atoms with Gasteiger partial charge in [0.15, 0.2) is 0 Å². The van der Waals surface area contributed by atoms with Gasteiger partial charge in [0.05, 0.1) is 0 Å². The van der Waals surface area contributed by atoms with Crippen LogP contribution in [0.1, 0.15) is 12.5 Å². The van der Waals surface area contributed by atoms with Crippen LogP contribution in [0.3, 0.4) is 0 Å². The van der Waals surface area contributed by atoms with Crippen LogP contribution in [0.25, 0.3) is 10.8 Å². The fourth-order valence-electron chi connectivity index (χ4n) is 1.62. The number of hydrogen-bond donors (Lipinski definition) is 0. The molecule has 1 heteroatoms. The Hall–Kier alpha value is -1.01. The minimum Gasteiger partial charge on any atom is -0.0843 e. The van der Waals surface area contributed by atoms with Crippen molar-refractivity contribution in [2.75, 3.05) is 0 Å². The van der Waals surface area contributed by atoms with Gasteiger partial charge in [0.25, 0.3) is 0 Å². The molecule has 0 saturated carbocycles. The molecular weight excluding hydrogens is 180 g/mol. The van der Waals surface area contributed by atoms with E-state index in [9.17, 15) is 0 Å². The molecule has 0 radical (unpaired) electrons. The predicted octanol–water partition coefficient (Wildman–Crippen LogP) is 4.06. The monoisotopic (exact) mass is 190 g/mol. The molecule has 0 N–H and O–H groups in total. The summed E-state index contributed by atoms with van der Waals surface area (Å²) in [5.74, 6) is 0. The molecule has 0 fully saturated rings. The van der Waals surface area contributed by atoms with E-state index in [1.165, 1.54) is 16.3 Å². The van der Waals surface area contributed by atoms with Crippen LogP contribution in [0, 0.1) is 0 Å². The normalized spacial score (nSPS) is 10.6. The van der Waals surface area contributed by atoms with Crippen molar-refractivity contribution >= 4 is 22.4 Å². The lowest BCUT2D eigenvalue weighted by molar-refractivity contribution is 1.16. The zero-order valence-corrected chi connectivity index (χ0v) is 8.31. The SMILES string of the molecule is CCc1cccc2ccc(Cl)cc12. The Bertz CT molecular complexity index is 432. The zero-order chi connectivity index (χ0) is 9.26. The topological polar surface area (TPSA) is 0 Å². The second-order valence-electron chi connectivity index (χ2n) is 3.14. The molecule has 0 bridgehead atoms. The Morgan fingerprint density at radius 3 is 2.77 bits per heavy atom. The van der Waals surface area contributed by atoms with Crippen LogP contribution in [0.2, 0.25) is 5.02 Å². The molecule has 0 aliphatic rings. The molecule has 0 atom stereocenters. The Morgan fingerprint density at radius 1 is 1.15 bits per heavy atom. The van der Waals surface area contributed by atoms with Crippen molar-refractivity contribution in [3.63, 3.8) is 0 Å². The second kappa shape index (κ2) is 3.39. The first-order valence-electron chi connectivity index (χ1n) is 4.48. The summed E-state index contributed by atoms with van der Waals surface area (Å²) in [6.45, 7) is 2.16. The van der Waals surface area contributed by atoms with Crippen LogP contribution in [-0.4, -0.2) is 0 Å². The summed E-state index contributed by atoms with van der Waals surface area (Å²) >= 11 is 5.95. The molecule has 0 aliphatic carbocycles. The summed E-state index contributed by atoms with van der Waals surface area (Å²) < 4.78 is 0.